The topological polar surface area (TPSA) is 97.1 Å². The molecule has 0 saturated heterocycles. The van der Waals surface area contributed by atoms with Gasteiger partial charge in [-0.15, -0.1) is 11.3 Å². The zero-order chi connectivity index (χ0) is 18.0. The minimum Gasteiger partial charge on any atom is -0.351 e. The largest absolute Gasteiger partial charge is 0.351 e. The summed E-state index contributed by atoms with van der Waals surface area (Å²) in [7, 11) is 0. The van der Waals surface area contributed by atoms with E-state index >= 15 is 0 Å². The first kappa shape index (κ1) is 16.8. The molecule has 0 spiro atoms. The normalized spacial score (nSPS) is 10.5. The first-order chi connectivity index (χ1) is 11.9. The number of benzene rings is 1. The molecule has 2 aromatic heterocycles. The lowest BCUT2D eigenvalue weighted by molar-refractivity contribution is -0.114. The van der Waals surface area contributed by atoms with Crippen molar-refractivity contribution in [1.29, 1.82) is 0 Å². The smallest absolute Gasteiger partial charge is 0.296 e. The molecule has 2 heterocycles. The van der Waals surface area contributed by atoms with Gasteiger partial charge in [-0.3, -0.25) is 14.9 Å². The van der Waals surface area contributed by atoms with Crippen LogP contribution in [0.5, 0.6) is 0 Å². The zero-order valence-electron chi connectivity index (χ0n) is 13.3. The molecule has 25 heavy (non-hydrogen) atoms. The van der Waals surface area contributed by atoms with Gasteiger partial charge in [0.2, 0.25) is 11.7 Å². The van der Waals surface area contributed by atoms with E-state index in [-0.39, 0.29) is 11.7 Å². The third kappa shape index (κ3) is 3.89. The van der Waals surface area contributed by atoms with Crippen LogP contribution in [0.3, 0.4) is 0 Å². The Labute approximate surface area is 145 Å². The molecule has 1 aromatic carbocycles. The molecule has 0 aliphatic heterocycles. The number of hydrogen-bond acceptors (Lipinski definition) is 6. The highest BCUT2D eigenvalue weighted by Gasteiger charge is 2.16. The van der Waals surface area contributed by atoms with E-state index in [1.807, 2.05) is 0 Å². The molecule has 3 rings (SSSR count). The molecular formula is C16H13FN4O3S. The van der Waals surface area contributed by atoms with Gasteiger partial charge >= 0.3 is 0 Å². The molecule has 0 aliphatic rings. The molecule has 0 atom stereocenters. The number of amides is 2. The summed E-state index contributed by atoms with van der Waals surface area (Å²) in [5, 5.41) is 10.9. The summed E-state index contributed by atoms with van der Waals surface area (Å²) in [4.78, 5) is 27.6. The summed E-state index contributed by atoms with van der Waals surface area (Å²) in [6, 6.07) is 5.51. The molecule has 128 valence electrons. The fourth-order valence-electron chi connectivity index (χ4n) is 2.12. The maximum atomic E-state index is 13.4. The van der Waals surface area contributed by atoms with Crippen LogP contribution in [0.25, 0.3) is 11.3 Å². The molecule has 0 unspecified atom stereocenters. The molecule has 0 aliphatic carbocycles. The molecule has 0 bridgehead atoms. The minimum atomic E-state index is -0.475. The van der Waals surface area contributed by atoms with Gasteiger partial charge in [0.15, 0.2) is 5.13 Å². The third-order valence-electron chi connectivity index (χ3n) is 3.14. The van der Waals surface area contributed by atoms with E-state index in [4.69, 9.17) is 4.52 Å². The summed E-state index contributed by atoms with van der Waals surface area (Å²) in [6.45, 7) is 3.04. The zero-order valence-corrected chi connectivity index (χ0v) is 14.1. The average Bonchev–Trinajstić information content (AvgIpc) is 3.16. The standard InChI is InChI=1S/C16H13FN4O3S/c1-8-5-14(24-21-8)15(23)20-16-19-13(7-25-16)11-4-3-10(17)6-12(11)18-9(2)22/h3-7H,1-2H3,(H,18,22)(H,19,20,23). The Bertz CT molecular complexity index is 951. The second-order valence-electron chi connectivity index (χ2n) is 5.20. The fourth-order valence-corrected chi connectivity index (χ4v) is 2.82. The highest BCUT2D eigenvalue weighted by Crippen LogP contribution is 2.31. The quantitative estimate of drug-likeness (QED) is 0.743. The molecule has 7 nitrogen and oxygen atoms in total. The second kappa shape index (κ2) is 6.81. The molecular weight excluding hydrogens is 347 g/mol. The molecule has 3 aromatic rings. The number of aryl methyl sites for hydroxylation is 1. The van der Waals surface area contributed by atoms with Gasteiger partial charge in [0, 0.05) is 23.9 Å². The number of rotatable bonds is 4. The van der Waals surface area contributed by atoms with Gasteiger partial charge in [0.25, 0.3) is 5.91 Å². The molecule has 2 amide bonds. The Morgan fingerprint density at radius 2 is 2.04 bits per heavy atom. The summed E-state index contributed by atoms with van der Waals surface area (Å²) in [5.74, 6) is -1.19. The monoisotopic (exact) mass is 360 g/mol. The van der Waals surface area contributed by atoms with E-state index in [9.17, 15) is 14.0 Å². The Kier molecular flexibility index (Phi) is 4.57. The lowest BCUT2D eigenvalue weighted by Gasteiger charge is -2.08. The van der Waals surface area contributed by atoms with Crippen molar-refractivity contribution in [2.75, 3.05) is 10.6 Å². The predicted octanol–water partition coefficient (Wildman–Crippen LogP) is 3.46. The van der Waals surface area contributed by atoms with Crippen LogP contribution in [-0.4, -0.2) is 22.0 Å². The highest BCUT2D eigenvalue weighted by molar-refractivity contribution is 7.14. The van der Waals surface area contributed by atoms with Crippen LogP contribution < -0.4 is 10.6 Å². The SMILES string of the molecule is CC(=O)Nc1cc(F)ccc1-c1csc(NC(=O)c2cc(C)no2)n1. The fraction of sp³-hybridized carbons (Fsp3) is 0.125. The lowest BCUT2D eigenvalue weighted by Crippen LogP contribution is -2.10. The number of aromatic nitrogens is 2. The highest BCUT2D eigenvalue weighted by atomic mass is 32.1. The van der Waals surface area contributed by atoms with Crippen LogP contribution >= 0.6 is 11.3 Å². The van der Waals surface area contributed by atoms with Gasteiger partial charge in [-0.1, -0.05) is 5.16 Å². The first-order valence-corrected chi connectivity index (χ1v) is 8.08. The van der Waals surface area contributed by atoms with Crippen molar-refractivity contribution in [3.8, 4) is 11.3 Å². The van der Waals surface area contributed by atoms with E-state index in [1.54, 1.807) is 12.3 Å². The second-order valence-corrected chi connectivity index (χ2v) is 6.05. The number of carbonyl (C=O) groups is 2. The van der Waals surface area contributed by atoms with E-state index < -0.39 is 11.7 Å². The number of nitrogens with one attached hydrogen (secondary N) is 2. The maximum absolute atomic E-state index is 13.4. The maximum Gasteiger partial charge on any atom is 0.296 e. The third-order valence-corrected chi connectivity index (χ3v) is 3.90. The van der Waals surface area contributed by atoms with Gasteiger partial charge in [-0.05, 0) is 25.1 Å². The molecule has 0 radical (unpaired) electrons. The first-order valence-electron chi connectivity index (χ1n) is 7.20. The van der Waals surface area contributed by atoms with Gasteiger partial charge in [-0.25, -0.2) is 9.37 Å². The summed E-state index contributed by atoms with van der Waals surface area (Å²) < 4.78 is 18.3. The Morgan fingerprint density at radius 3 is 2.72 bits per heavy atom. The molecule has 0 fully saturated rings. The number of carbonyl (C=O) groups excluding carboxylic acids is 2. The van der Waals surface area contributed by atoms with Crippen LogP contribution in [0.1, 0.15) is 23.2 Å². The average molecular weight is 360 g/mol. The van der Waals surface area contributed by atoms with Crippen molar-refractivity contribution >= 4 is 34.0 Å². The van der Waals surface area contributed by atoms with Crippen LogP contribution in [0.2, 0.25) is 0 Å². The van der Waals surface area contributed by atoms with E-state index in [1.165, 1.54) is 42.5 Å². The van der Waals surface area contributed by atoms with E-state index in [0.717, 1.165) is 0 Å². The Hall–Kier alpha value is -3.07. The van der Waals surface area contributed by atoms with E-state index in [2.05, 4.69) is 20.8 Å². The predicted molar refractivity (Wildman–Crippen MR) is 91.0 cm³/mol. The van der Waals surface area contributed by atoms with Crippen molar-refractivity contribution < 1.29 is 18.5 Å². The molecule has 0 saturated carbocycles. The number of anilines is 2. The van der Waals surface area contributed by atoms with Crippen LogP contribution in [-0.2, 0) is 4.79 Å². The van der Waals surface area contributed by atoms with Crippen molar-refractivity contribution in [2.45, 2.75) is 13.8 Å². The van der Waals surface area contributed by atoms with Crippen LogP contribution in [0, 0.1) is 12.7 Å². The molecule has 2 N–H and O–H groups in total. The van der Waals surface area contributed by atoms with Gasteiger partial charge < -0.3 is 9.84 Å². The van der Waals surface area contributed by atoms with Gasteiger partial charge in [-0.2, -0.15) is 0 Å². The van der Waals surface area contributed by atoms with Crippen molar-refractivity contribution in [2.24, 2.45) is 0 Å². The number of hydrogen-bond donors (Lipinski definition) is 2. The van der Waals surface area contributed by atoms with Gasteiger partial charge in [0.05, 0.1) is 17.1 Å². The van der Waals surface area contributed by atoms with Gasteiger partial charge in [0.1, 0.15) is 5.82 Å². The summed E-state index contributed by atoms with van der Waals surface area (Å²) in [5.41, 5.74) is 1.94. The van der Waals surface area contributed by atoms with Crippen LogP contribution in [0.15, 0.2) is 34.2 Å². The van der Waals surface area contributed by atoms with Crippen LogP contribution in [0.4, 0.5) is 15.2 Å². The van der Waals surface area contributed by atoms with Crippen molar-refractivity contribution in [1.82, 2.24) is 10.1 Å². The number of nitrogens with zero attached hydrogens (tertiary/aromatic N) is 2. The number of halogens is 1. The van der Waals surface area contributed by atoms with Crippen molar-refractivity contribution in [3.05, 3.63) is 46.9 Å². The lowest BCUT2D eigenvalue weighted by atomic mass is 10.1. The van der Waals surface area contributed by atoms with Crippen molar-refractivity contribution in [3.63, 3.8) is 0 Å². The summed E-state index contributed by atoms with van der Waals surface area (Å²) in [6.07, 6.45) is 0. The number of thiazole rings is 1. The summed E-state index contributed by atoms with van der Waals surface area (Å²) >= 11 is 1.19. The molecule has 9 heteroatoms. The Balaban J connectivity index is 1.84. The van der Waals surface area contributed by atoms with E-state index in [0.29, 0.717) is 27.8 Å². The minimum absolute atomic E-state index is 0.0787. The Morgan fingerprint density at radius 1 is 1.24 bits per heavy atom.